The minimum absolute atomic E-state index is 0.0231. The molecular formula is C18H19BrF3NO3S. The van der Waals surface area contributed by atoms with E-state index in [4.69, 9.17) is 4.74 Å². The topological polar surface area (TPSA) is 55.4 Å². The molecule has 0 bridgehead atoms. The van der Waals surface area contributed by atoms with Crippen LogP contribution in [0.3, 0.4) is 0 Å². The summed E-state index contributed by atoms with van der Waals surface area (Å²) < 4.78 is 71.3. The minimum atomic E-state index is -4.57. The smallest absolute Gasteiger partial charge is 0.416 e. The SMILES string of the molecule is CNS(=O)(=O)c1ccc(C(F)(F)F)cc1-c1ccc(OCCCCBr)cc1. The molecule has 0 aromatic heterocycles. The van der Waals surface area contributed by atoms with Gasteiger partial charge in [-0.25, -0.2) is 13.1 Å². The Labute approximate surface area is 164 Å². The summed E-state index contributed by atoms with van der Waals surface area (Å²) in [6.07, 6.45) is -2.74. The number of halogens is 4. The summed E-state index contributed by atoms with van der Waals surface area (Å²) in [5, 5.41) is 0.882. The number of hydrogen-bond acceptors (Lipinski definition) is 3. The van der Waals surface area contributed by atoms with E-state index in [1.165, 1.54) is 7.05 Å². The molecule has 1 N–H and O–H groups in total. The van der Waals surface area contributed by atoms with Gasteiger partial charge in [-0.15, -0.1) is 0 Å². The zero-order valence-corrected chi connectivity index (χ0v) is 16.9. The summed E-state index contributed by atoms with van der Waals surface area (Å²) >= 11 is 3.33. The molecule has 0 heterocycles. The van der Waals surface area contributed by atoms with Crippen LogP contribution in [-0.4, -0.2) is 27.4 Å². The third-order valence-electron chi connectivity index (χ3n) is 3.83. The van der Waals surface area contributed by atoms with Crippen LogP contribution in [0.15, 0.2) is 47.4 Å². The van der Waals surface area contributed by atoms with Gasteiger partial charge in [-0.05, 0) is 55.8 Å². The van der Waals surface area contributed by atoms with E-state index in [0.29, 0.717) is 17.9 Å². The summed E-state index contributed by atoms with van der Waals surface area (Å²) in [6.45, 7) is 0.522. The molecule has 0 fully saturated rings. The summed E-state index contributed by atoms with van der Waals surface area (Å²) in [5.41, 5.74) is -0.588. The number of sulfonamides is 1. The standard InChI is InChI=1S/C18H19BrF3NO3S/c1-23-27(24,25)17-9-6-14(18(20,21)22)12-16(17)13-4-7-15(8-5-13)26-11-3-2-10-19/h4-9,12,23H,2-3,10-11H2,1H3. The quantitative estimate of drug-likeness (QED) is 0.448. The number of nitrogens with one attached hydrogen (secondary N) is 1. The van der Waals surface area contributed by atoms with Crippen molar-refractivity contribution in [1.82, 2.24) is 4.72 Å². The zero-order chi connectivity index (χ0) is 20.1. The number of alkyl halides is 4. The summed E-state index contributed by atoms with van der Waals surface area (Å²) in [7, 11) is -2.71. The van der Waals surface area contributed by atoms with Crippen molar-refractivity contribution in [3.05, 3.63) is 48.0 Å². The second kappa shape index (κ2) is 9.07. The third-order valence-corrected chi connectivity index (χ3v) is 5.86. The molecular weight excluding hydrogens is 447 g/mol. The monoisotopic (exact) mass is 465 g/mol. The lowest BCUT2D eigenvalue weighted by Crippen LogP contribution is -2.20. The van der Waals surface area contributed by atoms with Crippen LogP contribution in [0, 0.1) is 0 Å². The minimum Gasteiger partial charge on any atom is -0.494 e. The van der Waals surface area contributed by atoms with E-state index in [1.54, 1.807) is 24.3 Å². The van der Waals surface area contributed by atoms with Gasteiger partial charge >= 0.3 is 6.18 Å². The van der Waals surface area contributed by atoms with E-state index in [1.807, 2.05) is 0 Å². The van der Waals surface area contributed by atoms with Gasteiger partial charge in [0.05, 0.1) is 17.1 Å². The van der Waals surface area contributed by atoms with Gasteiger partial charge in [0.1, 0.15) is 5.75 Å². The Morgan fingerprint density at radius 2 is 1.74 bits per heavy atom. The summed E-state index contributed by atoms with van der Waals surface area (Å²) in [4.78, 5) is -0.219. The fourth-order valence-corrected chi connectivity index (χ4v) is 3.72. The van der Waals surface area contributed by atoms with E-state index >= 15 is 0 Å². The van der Waals surface area contributed by atoms with Crippen LogP contribution in [-0.2, 0) is 16.2 Å². The highest BCUT2D eigenvalue weighted by Crippen LogP contribution is 2.36. The van der Waals surface area contributed by atoms with Crippen LogP contribution in [0.4, 0.5) is 13.2 Å². The second-order valence-electron chi connectivity index (χ2n) is 5.69. The van der Waals surface area contributed by atoms with E-state index < -0.39 is 21.8 Å². The van der Waals surface area contributed by atoms with Gasteiger partial charge in [0.15, 0.2) is 0 Å². The Hall–Kier alpha value is -1.58. The maximum absolute atomic E-state index is 13.1. The normalized spacial score (nSPS) is 12.2. The lowest BCUT2D eigenvalue weighted by Gasteiger charge is -2.14. The van der Waals surface area contributed by atoms with E-state index in [-0.39, 0.29) is 10.5 Å². The number of benzene rings is 2. The zero-order valence-electron chi connectivity index (χ0n) is 14.5. The van der Waals surface area contributed by atoms with Crippen LogP contribution >= 0.6 is 15.9 Å². The Morgan fingerprint density at radius 1 is 1.07 bits per heavy atom. The number of rotatable bonds is 8. The third kappa shape index (κ3) is 5.70. The molecule has 4 nitrogen and oxygen atoms in total. The van der Waals surface area contributed by atoms with Crippen LogP contribution in [0.1, 0.15) is 18.4 Å². The van der Waals surface area contributed by atoms with Crippen LogP contribution in [0.2, 0.25) is 0 Å². The van der Waals surface area contributed by atoms with Crippen molar-refractivity contribution in [2.75, 3.05) is 19.0 Å². The predicted octanol–water partition coefficient (Wildman–Crippen LogP) is 4.83. The van der Waals surface area contributed by atoms with Gasteiger partial charge in [0.25, 0.3) is 0 Å². The molecule has 0 unspecified atom stereocenters. The van der Waals surface area contributed by atoms with Gasteiger partial charge in [-0.2, -0.15) is 13.2 Å². The maximum Gasteiger partial charge on any atom is 0.416 e. The predicted molar refractivity (Wildman–Crippen MR) is 102 cm³/mol. The lowest BCUT2D eigenvalue weighted by atomic mass is 10.0. The van der Waals surface area contributed by atoms with Crippen molar-refractivity contribution >= 4 is 26.0 Å². The highest BCUT2D eigenvalue weighted by Gasteiger charge is 2.32. The Bertz CT molecular complexity index is 868. The lowest BCUT2D eigenvalue weighted by molar-refractivity contribution is -0.137. The van der Waals surface area contributed by atoms with Crippen molar-refractivity contribution in [3.8, 4) is 16.9 Å². The average molecular weight is 466 g/mol. The Balaban J connectivity index is 2.40. The molecule has 0 spiro atoms. The van der Waals surface area contributed by atoms with Gasteiger partial charge < -0.3 is 4.74 Å². The molecule has 2 aromatic carbocycles. The average Bonchev–Trinajstić information content (AvgIpc) is 2.64. The molecule has 0 saturated carbocycles. The molecule has 0 amide bonds. The molecule has 9 heteroatoms. The first-order chi connectivity index (χ1) is 12.7. The molecule has 2 rings (SSSR count). The van der Waals surface area contributed by atoms with E-state index in [2.05, 4.69) is 20.7 Å². The first-order valence-electron chi connectivity index (χ1n) is 8.13. The first kappa shape index (κ1) is 21.7. The molecule has 148 valence electrons. The van der Waals surface area contributed by atoms with E-state index in [0.717, 1.165) is 36.4 Å². The molecule has 0 radical (unpaired) electrons. The highest BCUT2D eigenvalue weighted by atomic mass is 79.9. The summed E-state index contributed by atoms with van der Waals surface area (Å²) in [6, 6.07) is 8.88. The first-order valence-corrected chi connectivity index (χ1v) is 10.7. The van der Waals surface area contributed by atoms with Crippen molar-refractivity contribution in [3.63, 3.8) is 0 Å². The van der Waals surface area contributed by atoms with Gasteiger partial charge in [0.2, 0.25) is 10.0 Å². The Morgan fingerprint density at radius 3 is 2.30 bits per heavy atom. The second-order valence-corrected chi connectivity index (χ2v) is 8.33. The van der Waals surface area contributed by atoms with Gasteiger partial charge in [-0.1, -0.05) is 28.1 Å². The highest BCUT2D eigenvalue weighted by molar-refractivity contribution is 9.09. The molecule has 0 saturated heterocycles. The molecule has 27 heavy (non-hydrogen) atoms. The van der Waals surface area contributed by atoms with E-state index in [9.17, 15) is 21.6 Å². The van der Waals surface area contributed by atoms with Gasteiger partial charge in [-0.3, -0.25) is 0 Å². The number of unbranched alkanes of at least 4 members (excludes halogenated alkanes) is 1. The number of ether oxygens (including phenoxy) is 1. The van der Waals surface area contributed by atoms with Crippen molar-refractivity contribution in [1.29, 1.82) is 0 Å². The van der Waals surface area contributed by atoms with Crippen LogP contribution in [0.25, 0.3) is 11.1 Å². The largest absolute Gasteiger partial charge is 0.494 e. The molecule has 2 aromatic rings. The Kier molecular flexibility index (Phi) is 7.30. The fraction of sp³-hybridized carbons (Fsp3) is 0.333. The number of hydrogen-bond donors (Lipinski definition) is 1. The molecule has 0 aliphatic heterocycles. The maximum atomic E-state index is 13.1. The fourth-order valence-electron chi connectivity index (χ4n) is 2.39. The van der Waals surface area contributed by atoms with Crippen molar-refractivity contribution in [2.45, 2.75) is 23.9 Å². The van der Waals surface area contributed by atoms with Crippen molar-refractivity contribution < 1.29 is 26.3 Å². The van der Waals surface area contributed by atoms with Crippen molar-refractivity contribution in [2.24, 2.45) is 0 Å². The molecule has 0 atom stereocenters. The molecule has 0 aliphatic carbocycles. The van der Waals surface area contributed by atoms with Gasteiger partial charge in [0, 0.05) is 10.9 Å². The summed E-state index contributed by atoms with van der Waals surface area (Å²) in [5.74, 6) is 0.568. The molecule has 0 aliphatic rings. The van der Waals surface area contributed by atoms with Crippen LogP contribution in [0.5, 0.6) is 5.75 Å². The van der Waals surface area contributed by atoms with Crippen LogP contribution < -0.4 is 9.46 Å².